The Morgan fingerprint density at radius 1 is 0.943 bits per heavy atom. The van der Waals surface area contributed by atoms with Crippen LogP contribution < -0.4 is 4.74 Å². The van der Waals surface area contributed by atoms with Gasteiger partial charge in [0.25, 0.3) is 0 Å². The van der Waals surface area contributed by atoms with Gasteiger partial charge < -0.3 is 14.5 Å². The lowest BCUT2D eigenvalue weighted by Gasteiger charge is -2.25. The highest BCUT2D eigenvalue weighted by Crippen LogP contribution is 2.29. The number of benzene rings is 2. The van der Waals surface area contributed by atoms with Crippen LogP contribution in [-0.2, 0) is 27.8 Å². The summed E-state index contributed by atoms with van der Waals surface area (Å²) in [6.45, 7) is 11.5. The number of aromatic nitrogens is 1. The van der Waals surface area contributed by atoms with E-state index in [-0.39, 0.29) is 19.7 Å². The van der Waals surface area contributed by atoms with Crippen molar-refractivity contribution in [2.24, 2.45) is 0 Å². The number of esters is 1. The molecule has 8 heteroatoms. The van der Waals surface area contributed by atoms with E-state index in [2.05, 4.69) is 4.98 Å². The summed E-state index contributed by atoms with van der Waals surface area (Å²) in [5.74, 6) is 0.248. The molecule has 0 radical (unpaired) electrons. The van der Waals surface area contributed by atoms with Gasteiger partial charge in [0.1, 0.15) is 11.4 Å². The second kappa shape index (κ2) is 10.7. The highest BCUT2D eigenvalue weighted by molar-refractivity contribution is 7.89. The number of hydrogen-bond donors (Lipinski definition) is 1. The molecule has 2 aromatic carbocycles. The number of aryl methyl sites for hydroxylation is 3. The fourth-order valence-corrected chi connectivity index (χ4v) is 6.17. The first-order valence-electron chi connectivity index (χ1n) is 11.6. The fraction of sp³-hybridized carbons (Fsp3) is 0.370. The number of rotatable bonds is 9. The minimum atomic E-state index is -3.88. The summed E-state index contributed by atoms with van der Waals surface area (Å²) in [4.78, 5) is 15.8. The molecule has 0 aliphatic heterocycles. The second-order valence-electron chi connectivity index (χ2n) is 8.80. The van der Waals surface area contributed by atoms with Crippen LogP contribution in [0.3, 0.4) is 0 Å². The topological polar surface area (TPSA) is 88.7 Å². The lowest BCUT2D eigenvalue weighted by Crippen LogP contribution is -2.31. The highest BCUT2D eigenvalue weighted by Gasteiger charge is 2.30. The van der Waals surface area contributed by atoms with Gasteiger partial charge in [-0.15, -0.1) is 0 Å². The number of ether oxygens (including phenoxy) is 2. The van der Waals surface area contributed by atoms with Crippen LogP contribution in [0.2, 0.25) is 0 Å². The first-order valence-corrected chi connectivity index (χ1v) is 13.0. The summed E-state index contributed by atoms with van der Waals surface area (Å²) in [5, 5.41) is 0. The molecule has 188 valence electrons. The molecule has 0 amide bonds. The van der Waals surface area contributed by atoms with Crippen LogP contribution >= 0.6 is 0 Å². The van der Waals surface area contributed by atoms with Crippen molar-refractivity contribution in [3.05, 3.63) is 81.2 Å². The van der Waals surface area contributed by atoms with Crippen molar-refractivity contribution in [1.29, 1.82) is 0 Å². The monoisotopic (exact) mass is 498 g/mol. The largest absolute Gasteiger partial charge is 0.497 e. The Balaban J connectivity index is 2.09. The lowest BCUT2D eigenvalue weighted by atomic mass is 10.1. The van der Waals surface area contributed by atoms with Gasteiger partial charge >= 0.3 is 5.97 Å². The van der Waals surface area contributed by atoms with Gasteiger partial charge in [-0.25, -0.2) is 13.2 Å². The second-order valence-corrected chi connectivity index (χ2v) is 10.7. The van der Waals surface area contributed by atoms with Crippen LogP contribution in [0.4, 0.5) is 0 Å². The minimum Gasteiger partial charge on any atom is -0.497 e. The molecule has 0 fully saturated rings. The van der Waals surface area contributed by atoms with E-state index in [1.54, 1.807) is 14.0 Å². The molecule has 35 heavy (non-hydrogen) atoms. The third-order valence-electron chi connectivity index (χ3n) is 6.20. The molecule has 0 saturated heterocycles. The van der Waals surface area contributed by atoms with E-state index in [0.717, 1.165) is 22.3 Å². The lowest BCUT2D eigenvalue weighted by molar-refractivity contribution is 0.0519. The molecule has 0 aliphatic carbocycles. The zero-order chi connectivity index (χ0) is 25.9. The zero-order valence-corrected chi connectivity index (χ0v) is 22.3. The average Bonchev–Trinajstić information content (AvgIpc) is 3.07. The molecule has 0 unspecified atom stereocenters. The number of nitrogens with zero attached hydrogens (tertiary/aromatic N) is 1. The number of hydrogen-bond acceptors (Lipinski definition) is 5. The fourth-order valence-electron chi connectivity index (χ4n) is 4.36. The van der Waals surface area contributed by atoms with Crippen molar-refractivity contribution in [2.45, 2.75) is 59.5 Å². The SMILES string of the molecule is CCOC(=O)c1[nH]c(CN(Cc2ccc(OC)cc2)S(=O)(=O)c2c(C)cc(C)cc2C)c(C)c1C. The van der Waals surface area contributed by atoms with Gasteiger partial charge in [-0.3, -0.25) is 0 Å². The predicted octanol–water partition coefficient (Wildman–Crippen LogP) is 5.13. The number of aromatic amines is 1. The summed E-state index contributed by atoms with van der Waals surface area (Å²) in [6, 6.07) is 11.1. The van der Waals surface area contributed by atoms with Crippen molar-refractivity contribution in [1.82, 2.24) is 9.29 Å². The van der Waals surface area contributed by atoms with E-state index in [1.807, 2.05) is 71.0 Å². The first kappa shape index (κ1) is 26.5. The Hall–Kier alpha value is -3.10. The Bertz CT molecular complexity index is 1300. The van der Waals surface area contributed by atoms with Gasteiger partial charge in [-0.05, 0) is 81.5 Å². The van der Waals surface area contributed by atoms with Crippen molar-refractivity contribution in [2.75, 3.05) is 13.7 Å². The van der Waals surface area contributed by atoms with Crippen LogP contribution in [0, 0.1) is 34.6 Å². The predicted molar refractivity (Wildman–Crippen MR) is 136 cm³/mol. The number of sulfonamides is 1. The molecular weight excluding hydrogens is 464 g/mol. The summed E-state index contributed by atoms with van der Waals surface area (Å²) < 4.78 is 40.0. The molecular formula is C27H34N2O5S. The Labute approximate surface area is 208 Å². The molecule has 0 saturated carbocycles. The minimum absolute atomic E-state index is 0.0766. The van der Waals surface area contributed by atoms with E-state index in [1.165, 1.54) is 4.31 Å². The summed E-state index contributed by atoms with van der Waals surface area (Å²) in [5.41, 5.74) is 5.83. The van der Waals surface area contributed by atoms with E-state index in [0.29, 0.717) is 33.2 Å². The van der Waals surface area contributed by atoms with Gasteiger partial charge in [0.15, 0.2) is 0 Å². The van der Waals surface area contributed by atoms with Gasteiger partial charge in [0.05, 0.1) is 25.2 Å². The Morgan fingerprint density at radius 3 is 2.09 bits per heavy atom. The maximum Gasteiger partial charge on any atom is 0.355 e. The smallest absolute Gasteiger partial charge is 0.355 e. The maximum atomic E-state index is 14.1. The van der Waals surface area contributed by atoms with Gasteiger partial charge in [-0.1, -0.05) is 29.8 Å². The number of carbonyl (C=O) groups is 1. The highest BCUT2D eigenvalue weighted by atomic mass is 32.2. The molecule has 0 spiro atoms. The molecule has 0 aliphatic rings. The van der Waals surface area contributed by atoms with Gasteiger partial charge in [-0.2, -0.15) is 4.31 Å². The molecule has 1 aromatic heterocycles. The number of carbonyl (C=O) groups excluding carboxylic acids is 1. The molecule has 1 N–H and O–H groups in total. The van der Waals surface area contributed by atoms with E-state index in [9.17, 15) is 13.2 Å². The molecule has 7 nitrogen and oxygen atoms in total. The van der Waals surface area contributed by atoms with Gasteiger partial charge in [0.2, 0.25) is 10.0 Å². The Morgan fingerprint density at radius 2 is 1.54 bits per heavy atom. The van der Waals surface area contributed by atoms with Crippen molar-refractivity contribution < 1.29 is 22.7 Å². The Kier molecular flexibility index (Phi) is 8.07. The van der Waals surface area contributed by atoms with E-state index in [4.69, 9.17) is 9.47 Å². The van der Waals surface area contributed by atoms with E-state index < -0.39 is 16.0 Å². The average molecular weight is 499 g/mol. The summed E-state index contributed by atoms with van der Waals surface area (Å²) in [7, 11) is -2.29. The standard InChI is InChI=1S/C27H34N2O5S/c1-8-34-27(30)25-21(6)20(5)24(28-25)16-29(15-22-9-11-23(33-7)12-10-22)35(31,32)26-18(3)13-17(2)14-19(26)4/h9-14,28H,8,15-16H2,1-7H3. The molecule has 0 atom stereocenters. The third kappa shape index (κ3) is 5.60. The number of methoxy groups -OCH3 is 1. The van der Waals surface area contributed by atoms with Gasteiger partial charge in [0, 0.05) is 12.2 Å². The number of H-pyrrole nitrogens is 1. The number of nitrogens with one attached hydrogen (secondary N) is 1. The van der Waals surface area contributed by atoms with E-state index >= 15 is 0 Å². The first-order chi connectivity index (χ1) is 16.5. The molecule has 0 bridgehead atoms. The van der Waals surface area contributed by atoms with Crippen molar-refractivity contribution in [3.8, 4) is 5.75 Å². The zero-order valence-electron chi connectivity index (χ0n) is 21.5. The van der Waals surface area contributed by atoms with Crippen molar-refractivity contribution >= 4 is 16.0 Å². The quantitative estimate of drug-likeness (QED) is 0.413. The molecule has 1 heterocycles. The van der Waals surface area contributed by atoms with Crippen LogP contribution in [0.25, 0.3) is 0 Å². The van der Waals surface area contributed by atoms with Crippen molar-refractivity contribution in [3.63, 3.8) is 0 Å². The summed E-state index contributed by atoms with van der Waals surface area (Å²) in [6.07, 6.45) is 0. The van der Waals surface area contributed by atoms with Crippen LogP contribution in [0.5, 0.6) is 5.75 Å². The summed E-state index contributed by atoms with van der Waals surface area (Å²) >= 11 is 0. The molecule has 3 rings (SSSR count). The maximum absolute atomic E-state index is 14.1. The normalized spacial score (nSPS) is 11.7. The van der Waals surface area contributed by atoms with Crippen LogP contribution in [-0.4, -0.2) is 37.4 Å². The molecule has 3 aromatic rings. The van der Waals surface area contributed by atoms with Crippen LogP contribution in [0.15, 0.2) is 41.3 Å². The van der Waals surface area contributed by atoms with Crippen LogP contribution in [0.1, 0.15) is 56.5 Å². The third-order valence-corrected chi connectivity index (χ3v) is 8.30.